The highest BCUT2D eigenvalue weighted by atomic mass is 16.2. The van der Waals surface area contributed by atoms with Gasteiger partial charge in [-0.2, -0.15) is 9.78 Å². The van der Waals surface area contributed by atoms with Crippen LogP contribution in [0.2, 0.25) is 0 Å². The molecule has 1 saturated heterocycles. The average molecular weight is 328 g/mol. The summed E-state index contributed by atoms with van der Waals surface area (Å²) in [6, 6.07) is 8.83. The Hall–Kier alpha value is -2.70. The second-order valence-corrected chi connectivity index (χ2v) is 5.83. The summed E-state index contributed by atoms with van der Waals surface area (Å²) in [5, 5.41) is 4.11. The summed E-state index contributed by atoms with van der Waals surface area (Å²) in [6.07, 6.45) is 2.46. The Kier molecular flexibility index (Phi) is 4.59. The van der Waals surface area contributed by atoms with E-state index in [9.17, 15) is 14.4 Å². The third-order valence-corrected chi connectivity index (χ3v) is 4.10. The van der Waals surface area contributed by atoms with E-state index in [0.29, 0.717) is 25.2 Å². The van der Waals surface area contributed by atoms with E-state index in [1.165, 1.54) is 0 Å². The first-order chi connectivity index (χ1) is 11.6. The molecule has 7 heteroatoms. The maximum atomic E-state index is 12.7. The van der Waals surface area contributed by atoms with Crippen molar-refractivity contribution >= 4 is 5.91 Å². The van der Waals surface area contributed by atoms with Crippen LogP contribution in [0.3, 0.4) is 0 Å². The van der Waals surface area contributed by atoms with Gasteiger partial charge in [0.2, 0.25) is 5.69 Å². The van der Waals surface area contributed by atoms with E-state index in [4.69, 9.17) is 0 Å². The van der Waals surface area contributed by atoms with Gasteiger partial charge in [0, 0.05) is 19.6 Å². The molecular formula is C17H20N4O3. The number of likely N-dealkylation sites (tertiary alicyclic amines) is 1. The van der Waals surface area contributed by atoms with Crippen molar-refractivity contribution in [3.63, 3.8) is 0 Å². The maximum absolute atomic E-state index is 12.7. The Morgan fingerprint density at radius 2 is 1.79 bits per heavy atom. The standard InChI is InChI=1S/C17H20N4O3/c1-2-10-20-16(23)14(15(22)19-11-6-7-12-19)18-21(17(20)24)13-8-4-3-5-9-13/h3-5,8-9H,2,6-7,10-12H2,1H3. The molecule has 0 bridgehead atoms. The predicted octanol–water partition coefficient (Wildman–Crippen LogP) is 1.04. The van der Waals surface area contributed by atoms with Crippen LogP contribution in [0.15, 0.2) is 39.9 Å². The largest absolute Gasteiger partial charge is 0.352 e. The van der Waals surface area contributed by atoms with Gasteiger partial charge in [0.15, 0.2) is 0 Å². The van der Waals surface area contributed by atoms with Crippen molar-refractivity contribution in [1.29, 1.82) is 0 Å². The van der Waals surface area contributed by atoms with Crippen molar-refractivity contribution in [3.05, 3.63) is 56.9 Å². The molecule has 0 unspecified atom stereocenters. The quantitative estimate of drug-likeness (QED) is 0.840. The van der Waals surface area contributed by atoms with Crippen molar-refractivity contribution in [2.75, 3.05) is 13.1 Å². The van der Waals surface area contributed by atoms with Gasteiger partial charge >= 0.3 is 5.69 Å². The van der Waals surface area contributed by atoms with Crippen molar-refractivity contribution in [2.24, 2.45) is 0 Å². The van der Waals surface area contributed by atoms with Gasteiger partial charge in [0.05, 0.1) is 5.69 Å². The summed E-state index contributed by atoms with van der Waals surface area (Å²) in [6.45, 7) is 3.38. The first kappa shape index (κ1) is 16.2. The van der Waals surface area contributed by atoms with Crippen LogP contribution >= 0.6 is 0 Å². The van der Waals surface area contributed by atoms with Crippen LogP contribution in [-0.2, 0) is 6.54 Å². The minimum atomic E-state index is -0.606. The molecule has 3 rings (SSSR count). The van der Waals surface area contributed by atoms with Gasteiger partial charge in [-0.3, -0.25) is 14.2 Å². The lowest BCUT2D eigenvalue weighted by molar-refractivity contribution is 0.0781. The molecule has 1 aromatic heterocycles. The highest BCUT2D eigenvalue weighted by Gasteiger charge is 2.26. The number of nitrogens with zero attached hydrogens (tertiary/aromatic N) is 4. The van der Waals surface area contributed by atoms with Crippen molar-refractivity contribution < 1.29 is 4.79 Å². The third kappa shape index (κ3) is 2.89. The minimum absolute atomic E-state index is 0.186. The second kappa shape index (κ2) is 6.82. The molecule has 1 aromatic carbocycles. The molecule has 0 saturated carbocycles. The Morgan fingerprint density at radius 1 is 1.12 bits per heavy atom. The monoisotopic (exact) mass is 328 g/mol. The van der Waals surface area contributed by atoms with Gasteiger partial charge in [-0.1, -0.05) is 25.1 Å². The summed E-state index contributed by atoms with van der Waals surface area (Å²) in [7, 11) is 0. The molecule has 0 atom stereocenters. The molecule has 0 N–H and O–H groups in total. The zero-order valence-electron chi connectivity index (χ0n) is 13.6. The van der Waals surface area contributed by atoms with Crippen LogP contribution in [0.4, 0.5) is 0 Å². The molecule has 7 nitrogen and oxygen atoms in total. The van der Waals surface area contributed by atoms with Crippen LogP contribution < -0.4 is 11.2 Å². The summed E-state index contributed by atoms with van der Waals surface area (Å²) >= 11 is 0. The van der Waals surface area contributed by atoms with E-state index in [0.717, 1.165) is 22.1 Å². The first-order valence-electron chi connectivity index (χ1n) is 8.22. The topological polar surface area (TPSA) is 77.2 Å². The van der Waals surface area contributed by atoms with Crippen LogP contribution in [0.25, 0.3) is 5.69 Å². The number of rotatable bonds is 4. The molecule has 2 aromatic rings. The zero-order chi connectivity index (χ0) is 17.1. The number of hydrogen-bond acceptors (Lipinski definition) is 4. The Balaban J connectivity index is 2.18. The average Bonchev–Trinajstić information content (AvgIpc) is 3.14. The third-order valence-electron chi connectivity index (χ3n) is 4.10. The molecule has 1 amide bonds. The van der Waals surface area contributed by atoms with E-state index in [2.05, 4.69) is 5.10 Å². The van der Waals surface area contributed by atoms with E-state index in [1.807, 2.05) is 13.0 Å². The zero-order valence-corrected chi connectivity index (χ0v) is 13.6. The highest BCUT2D eigenvalue weighted by molar-refractivity contribution is 5.92. The number of aromatic nitrogens is 3. The van der Waals surface area contributed by atoms with E-state index in [-0.39, 0.29) is 12.2 Å². The summed E-state index contributed by atoms with van der Waals surface area (Å²) < 4.78 is 2.24. The Labute approximate surface area is 139 Å². The fourth-order valence-electron chi connectivity index (χ4n) is 2.88. The number of hydrogen-bond donors (Lipinski definition) is 0. The highest BCUT2D eigenvalue weighted by Crippen LogP contribution is 2.10. The minimum Gasteiger partial charge on any atom is -0.337 e. The number of carbonyl (C=O) groups is 1. The predicted molar refractivity (Wildman–Crippen MR) is 89.5 cm³/mol. The fraction of sp³-hybridized carbons (Fsp3) is 0.412. The fourth-order valence-corrected chi connectivity index (χ4v) is 2.88. The van der Waals surface area contributed by atoms with Crippen LogP contribution in [0.5, 0.6) is 0 Å². The lowest BCUT2D eigenvalue weighted by Crippen LogP contribution is -2.46. The SMILES string of the molecule is CCCn1c(=O)c(C(=O)N2CCCC2)nn(-c2ccccc2)c1=O. The number of amides is 1. The number of carbonyl (C=O) groups excluding carboxylic acids is 1. The summed E-state index contributed by atoms with van der Waals surface area (Å²) in [5.74, 6) is -0.396. The van der Waals surface area contributed by atoms with Gasteiger partial charge in [0.1, 0.15) is 0 Å². The molecule has 24 heavy (non-hydrogen) atoms. The maximum Gasteiger partial charge on any atom is 0.352 e. The molecule has 0 radical (unpaired) electrons. The van der Waals surface area contributed by atoms with E-state index >= 15 is 0 Å². The smallest absolute Gasteiger partial charge is 0.337 e. The van der Waals surface area contributed by atoms with Crippen molar-refractivity contribution in [2.45, 2.75) is 32.7 Å². The normalized spacial score (nSPS) is 14.1. The summed E-state index contributed by atoms with van der Waals surface area (Å²) in [5.41, 5.74) is -0.784. The van der Waals surface area contributed by atoms with Crippen LogP contribution in [0, 0.1) is 0 Å². The summed E-state index contributed by atoms with van der Waals surface area (Å²) in [4.78, 5) is 39.5. The van der Waals surface area contributed by atoms with Gasteiger partial charge in [0.25, 0.3) is 11.5 Å². The molecule has 0 spiro atoms. The Morgan fingerprint density at radius 3 is 2.42 bits per heavy atom. The van der Waals surface area contributed by atoms with Crippen molar-refractivity contribution in [3.8, 4) is 5.69 Å². The van der Waals surface area contributed by atoms with Gasteiger partial charge in [-0.15, -0.1) is 0 Å². The van der Waals surface area contributed by atoms with Gasteiger partial charge in [-0.05, 0) is 31.4 Å². The van der Waals surface area contributed by atoms with Gasteiger partial charge < -0.3 is 4.90 Å². The number of para-hydroxylation sites is 1. The molecule has 2 heterocycles. The van der Waals surface area contributed by atoms with Crippen LogP contribution in [0.1, 0.15) is 36.7 Å². The van der Waals surface area contributed by atoms with E-state index < -0.39 is 17.2 Å². The Bertz CT molecular complexity index is 848. The second-order valence-electron chi connectivity index (χ2n) is 5.83. The lowest BCUT2D eigenvalue weighted by atomic mass is 10.3. The molecule has 1 aliphatic rings. The van der Waals surface area contributed by atoms with E-state index in [1.54, 1.807) is 29.2 Å². The molecule has 126 valence electrons. The number of benzene rings is 1. The van der Waals surface area contributed by atoms with Gasteiger partial charge in [-0.25, -0.2) is 4.79 Å². The van der Waals surface area contributed by atoms with Crippen LogP contribution in [-0.4, -0.2) is 38.2 Å². The van der Waals surface area contributed by atoms with Crippen molar-refractivity contribution in [1.82, 2.24) is 19.2 Å². The molecular weight excluding hydrogens is 308 g/mol. The molecule has 1 aliphatic heterocycles. The first-order valence-corrected chi connectivity index (χ1v) is 8.22. The lowest BCUT2D eigenvalue weighted by Gasteiger charge is -2.16. The molecule has 1 fully saturated rings. The molecule has 0 aliphatic carbocycles.